The van der Waals surface area contributed by atoms with E-state index in [1.54, 1.807) is 17.0 Å². The van der Waals surface area contributed by atoms with Crippen molar-refractivity contribution in [2.75, 3.05) is 11.9 Å². The molecule has 0 aliphatic carbocycles. The normalized spacial score (nSPS) is 15.8. The van der Waals surface area contributed by atoms with E-state index in [0.717, 1.165) is 21.9 Å². The van der Waals surface area contributed by atoms with Crippen LogP contribution in [0.4, 0.5) is 5.69 Å². The first-order valence-corrected chi connectivity index (χ1v) is 10.4. The zero-order valence-electron chi connectivity index (χ0n) is 16.6. The third-order valence-electron chi connectivity index (χ3n) is 5.58. The number of rotatable bonds is 2. The van der Waals surface area contributed by atoms with E-state index in [-0.39, 0.29) is 18.4 Å². The molecule has 5 rings (SSSR count). The van der Waals surface area contributed by atoms with Crippen molar-refractivity contribution >= 4 is 39.9 Å². The lowest BCUT2D eigenvalue weighted by Crippen LogP contribution is -2.39. The Labute approximate surface area is 185 Å². The van der Waals surface area contributed by atoms with Gasteiger partial charge in [-0.05, 0) is 46.7 Å². The molecule has 5 heteroatoms. The molecule has 1 heterocycles. The van der Waals surface area contributed by atoms with Gasteiger partial charge in [0.15, 0.2) is 0 Å². The van der Waals surface area contributed by atoms with Gasteiger partial charge in [-0.3, -0.25) is 9.59 Å². The molecule has 0 saturated carbocycles. The topological polar surface area (TPSA) is 49.4 Å². The maximum absolute atomic E-state index is 13.7. The molecular weight excluding hydrogens is 408 g/mol. The maximum atomic E-state index is 13.7. The number of benzene rings is 4. The Kier molecular flexibility index (Phi) is 4.92. The summed E-state index contributed by atoms with van der Waals surface area (Å²) < 4.78 is 0. The Balaban J connectivity index is 1.66. The highest BCUT2D eigenvalue weighted by Gasteiger charge is 2.34. The fraction of sp³-hybridized carbons (Fsp3) is 0.0769. The number of hydrogen-bond acceptors (Lipinski definition) is 2. The number of anilines is 1. The summed E-state index contributed by atoms with van der Waals surface area (Å²) in [6.45, 7) is -0.0580. The molecule has 0 saturated heterocycles. The Bertz CT molecular complexity index is 1300. The highest BCUT2D eigenvalue weighted by molar-refractivity contribution is 6.30. The van der Waals surface area contributed by atoms with Gasteiger partial charge in [-0.2, -0.15) is 0 Å². The fourth-order valence-electron chi connectivity index (χ4n) is 4.15. The molecule has 1 unspecified atom stereocenters. The summed E-state index contributed by atoms with van der Waals surface area (Å²) in [6.07, 6.45) is 0. The molecule has 0 bridgehead atoms. The highest BCUT2D eigenvalue weighted by atomic mass is 35.5. The van der Waals surface area contributed by atoms with Crippen molar-refractivity contribution < 1.29 is 9.59 Å². The van der Waals surface area contributed by atoms with Crippen LogP contribution in [0.1, 0.15) is 27.5 Å². The minimum atomic E-state index is -0.451. The number of carbonyl (C=O) groups is 2. The van der Waals surface area contributed by atoms with E-state index in [2.05, 4.69) is 5.32 Å². The molecule has 0 radical (unpaired) electrons. The van der Waals surface area contributed by atoms with Crippen molar-refractivity contribution in [2.24, 2.45) is 0 Å². The smallest absolute Gasteiger partial charge is 0.255 e. The molecule has 0 spiro atoms. The Hall–Kier alpha value is -3.63. The fourth-order valence-corrected chi connectivity index (χ4v) is 4.33. The monoisotopic (exact) mass is 426 g/mol. The number of nitrogens with one attached hydrogen (secondary N) is 1. The van der Waals surface area contributed by atoms with Gasteiger partial charge in [0.2, 0.25) is 5.91 Å². The van der Waals surface area contributed by atoms with Crippen LogP contribution in [0.2, 0.25) is 5.02 Å². The van der Waals surface area contributed by atoms with Gasteiger partial charge in [0.1, 0.15) is 6.54 Å². The summed E-state index contributed by atoms with van der Waals surface area (Å²) in [4.78, 5) is 28.1. The Morgan fingerprint density at radius 1 is 0.871 bits per heavy atom. The molecule has 0 aromatic heterocycles. The third kappa shape index (κ3) is 3.66. The van der Waals surface area contributed by atoms with Crippen molar-refractivity contribution in [1.82, 2.24) is 4.90 Å². The van der Waals surface area contributed by atoms with E-state index >= 15 is 0 Å². The number of amides is 2. The zero-order chi connectivity index (χ0) is 21.4. The molecule has 1 aliphatic rings. The summed E-state index contributed by atoms with van der Waals surface area (Å²) in [6, 6.07) is 28.1. The van der Waals surface area contributed by atoms with Crippen LogP contribution >= 0.6 is 11.6 Å². The third-order valence-corrected chi connectivity index (χ3v) is 5.82. The molecule has 0 fully saturated rings. The van der Waals surface area contributed by atoms with E-state index in [1.807, 2.05) is 78.9 Å². The predicted molar refractivity (Wildman–Crippen MR) is 123 cm³/mol. The molecule has 1 N–H and O–H groups in total. The van der Waals surface area contributed by atoms with Crippen LogP contribution in [0.5, 0.6) is 0 Å². The van der Waals surface area contributed by atoms with Crippen LogP contribution in [-0.4, -0.2) is 23.3 Å². The Morgan fingerprint density at radius 2 is 1.61 bits per heavy atom. The lowest BCUT2D eigenvalue weighted by molar-refractivity contribution is -0.117. The second kappa shape index (κ2) is 7.89. The van der Waals surface area contributed by atoms with Gasteiger partial charge in [0, 0.05) is 21.8 Å². The first-order chi connectivity index (χ1) is 15.1. The van der Waals surface area contributed by atoms with Gasteiger partial charge < -0.3 is 10.2 Å². The van der Waals surface area contributed by atoms with Crippen LogP contribution in [0.3, 0.4) is 0 Å². The minimum absolute atomic E-state index is 0.0580. The number of fused-ring (bicyclic) bond motifs is 2. The summed E-state index contributed by atoms with van der Waals surface area (Å²) in [5.74, 6) is -0.446. The average Bonchev–Trinajstić information content (AvgIpc) is 2.94. The lowest BCUT2D eigenvalue weighted by Gasteiger charge is -2.31. The molecular formula is C26H19ClN2O2. The van der Waals surface area contributed by atoms with Gasteiger partial charge in [0.25, 0.3) is 5.91 Å². The maximum Gasteiger partial charge on any atom is 0.255 e. The van der Waals surface area contributed by atoms with Crippen molar-refractivity contribution in [1.29, 1.82) is 0 Å². The largest absolute Gasteiger partial charge is 0.324 e. The van der Waals surface area contributed by atoms with E-state index in [9.17, 15) is 9.59 Å². The molecule has 4 aromatic rings. The van der Waals surface area contributed by atoms with Crippen LogP contribution in [0.25, 0.3) is 10.8 Å². The summed E-state index contributed by atoms with van der Waals surface area (Å²) >= 11 is 6.31. The zero-order valence-corrected chi connectivity index (χ0v) is 17.3. The van der Waals surface area contributed by atoms with E-state index < -0.39 is 6.04 Å². The number of carbonyl (C=O) groups excluding carboxylic acids is 2. The van der Waals surface area contributed by atoms with Crippen LogP contribution in [0, 0.1) is 0 Å². The van der Waals surface area contributed by atoms with E-state index in [4.69, 9.17) is 11.6 Å². The molecule has 31 heavy (non-hydrogen) atoms. The summed E-state index contributed by atoms with van der Waals surface area (Å²) in [5.41, 5.74) is 2.91. The van der Waals surface area contributed by atoms with Gasteiger partial charge in [0.05, 0.1) is 6.04 Å². The van der Waals surface area contributed by atoms with Gasteiger partial charge in [-0.15, -0.1) is 0 Å². The number of halogens is 1. The van der Waals surface area contributed by atoms with Crippen molar-refractivity contribution in [3.8, 4) is 0 Å². The predicted octanol–water partition coefficient (Wildman–Crippen LogP) is 5.68. The molecule has 1 aliphatic heterocycles. The van der Waals surface area contributed by atoms with Crippen LogP contribution in [0.15, 0.2) is 91.0 Å². The van der Waals surface area contributed by atoms with E-state index in [0.29, 0.717) is 16.3 Å². The standard InChI is InChI=1S/C26H19ClN2O2/c27-21-12-13-23-22(15-21)25(18-7-2-1-3-8-18)29(16-24(30)28-23)26(31)20-11-10-17-6-4-5-9-19(17)14-20/h1-15,25H,16H2,(H,28,30). The number of hydrogen-bond donors (Lipinski definition) is 1. The first kappa shape index (κ1) is 19.3. The van der Waals surface area contributed by atoms with Crippen molar-refractivity contribution in [3.63, 3.8) is 0 Å². The average molecular weight is 427 g/mol. The van der Waals surface area contributed by atoms with E-state index in [1.165, 1.54) is 0 Å². The molecule has 4 aromatic carbocycles. The van der Waals surface area contributed by atoms with Crippen LogP contribution in [-0.2, 0) is 4.79 Å². The molecule has 1 atom stereocenters. The van der Waals surface area contributed by atoms with Gasteiger partial charge in [-0.25, -0.2) is 0 Å². The quantitative estimate of drug-likeness (QED) is 0.448. The SMILES string of the molecule is O=C1CN(C(=O)c2ccc3ccccc3c2)C(c2ccccc2)c2cc(Cl)ccc2N1. The number of nitrogens with zero attached hydrogens (tertiary/aromatic N) is 1. The van der Waals surface area contributed by atoms with Gasteiger partial charge >= 0.3 is 0 Å². The first-order valence-electron chi connectivity index (χ1n) is 10.0. The Morgan fingerprint density at radius 3 is 2.42 bits per heavy atom. The lowest BCUT2D eigenvalue weighted by atomic mass is 9.95. The van der Waals surface area contributed by atoms with Crippen molar-refractivity contribution in [3.05, 3.63) is 113 Å². The molecule has 4 nitrogen and oxygen atoms in total. The second-order valence-corrected chi connectivity index (χ2v) is 8.02. The molecule has 152 valence electrons. The summed E-state index contributed by atoms with van der Waals surface area (Å²) in [5, 5.41) is 5.51. The summed E-state index contributed by atoms with van der Waals surface area (Å²) in [7, 11) is 0. The van der Waals surface area contributed by atoms with Crippen LogP contribution < -0.4 is 5.32 Å². The minimum Gasteiger partial charge on any atom is -0.324 e. The molecule has 2 amide bonds. The van der Waals surface area contributed by atoms with Crippen molar-refractivity contribution in [2.45, 2.75) is 6.04 Å². The highest BCUT2D eigenvalue weighted by Crippen LogP contribution is 2.38. The second-order valence-electron chi connectivity index (χ2n) is 7.59. The van der Waals surface area contributed by atoms with Gasteiger partial charge in [-0.1, -0.05) is 72.3 Å².